The predicted molar refractivity (Wildman–Crippen MR) is 198 cm³/mol. The van der Waals surface area contributed by atoms with E-state index in [0.717, 1.165) is 51.4 Å². The van der Waals surface area contributed by atoms with Crippen LogP contribution in [0.15, 0.2) is 12.2 Å². The second-order valence-corrected chi connectivity index (χ2v) is 14.9. The quantitative estimate of drug-likeness (QED) is 0.0227. The van der Waals surface area contributed by atoms with Crippen LogP contribution in [0.3, 0.4) is 0 Å². The summed E-state index contributed by atoms with van der Waals surface area (Å²) in [4.78, 5) is 12.8. The molecule has 0 radical (unpaired) electrons. The lowest BCUT2D eigenvalue weighted by atomic mass is 9.99. The van der Waals surface area contributed by atoms with Gasteiger partial charge in [-0.25, -0.2) is 4.18 Å². The average Bonchev–Trinajstić information content (AvgIpc) is 3.09. The summed E-state index contributed by atoms with van der Waals surface area (Å²) in [6, 6.07) is 0. The molecule has 51 heavy (non-hydrogen) atoms. The van der Waals surface area contributed by atoms with Gasteiger partial charge in [0.05, 0.1) is 19.8 Å². The van der Waals surface area contributed by atoms with E-state index in [1.807, 2.05) is 0 Å². The Kier molecular flexibility index (Phi) is 29.3. The zero-order valence-electron chi connectivity index (χ0n) is 31.7. The number of hydrogen-bond donors (Lipinski definition) is 4. The molecule has 1 saturated heterocycles. The van der Waals surface area contributed by atoms with E-state index < -0.39 is 59.8 Å². The van der Waals surface area contributed by atoms with Gasteiger partial charge in [0.1, 0.15) is 30.5 Å². The second kappa shape index (κ2) is 31.2. The maximum Gasteiger partial charge on any atom is 0.397 e. The van der Waals surface area contributed by atoms with Crippen molar-refractivity contribution in [1.82, 2.24) is 0 Å². The highest BCUT2D eigenvalue weighted by Gasteiger charge is 2.48. The number of esters is 1. The van der Waals surface area contributed by atoms with Gasteiger partial charge >= 0.3 is 16.4 Å². The first-order valence-electron chi connectivity index (χ1n) is 19.9. The van der Waals surface area contributed by atoms with Crippen LogP contribution in [0.25, 0.3) is 0 Å². The van der Waals surface area contributed by atoms with E-state index in [4.69, 9.17) is 23.5 Å². The Balaban J connectivity index is 2.49. The maximum atomic E-state index is 12.8. The molecule has 0 aromatic rings. The minimum absolute atomic E-state index is 0.0360. The molecule has 6 atom stereocenters. The molecule has 1 aliphatic rings. The fourth-order valence-corrected chi connectivity index (χ4v) is 6.59. The molecule has 0 aromatic carbocycles. The molecule has 0 amide bonds. The van der Waals surface area contributed by atoms with Crippen molar-refractivity contribution in [3.63, 3.8) is 0 Å². The van der Waals surface area contributed by atoms with Crippen LogP contribution in [0.2, 0.25) is 0 Å². The molecule has 13 heteroatoms. The standard InChI is InChI=1S/C38H72O12S/c1-3-5-7-9-11-13-15-16-17-19-21-23-25-27-34(40)48-32(30-46-28-26-24-22-20-18-14-12-10-8-6-4-2)31-47-38-36(42)37(50-51(43,44)45)35(41)33(29-39)49-38/h8,10,32-33,35-39,41-42H,3-7,9,11-31H2,1-2H3,(H,43,44,45)/b10-8-. The van der Waals surface area contributed by atoms with Gasteiger partial charge in [-0.1, -0.05) is 135 Å². The van der Waals surface area contributed by atoms with Gasteiger partial charge in [0.2, 0.25) is 0 Å². The van der Waals surface area contributed by atoms with Crippen molar-refractivity contribution in [3.8, 4) is 0 Å². The fraction of sp³-hybridized carbons (Fsp3) is 0.921. The molecular weight excluding hydrogens is 680 g/mol. The van der Waals surface area contributed by atoms with E-state index in [0.29, 0.717) is 13.0 Å². The monoisotopic (exact) mass is 752 g/mol. The van der Waals surface area contributed by atoms with Crippen LogP contribution in [-0.4, -0.2) is 97.5 Å². The van der Waals surface area contributed by atoms with Gasteiger partial charge in [-0.05, 0) is 32.1 Å². The van der Waals surface area contributed by atoms with Crippen LogP contribution < -0.4 is 0 Å². The lowest BCUT2D eigenvalue weighted by Crippen LogP contribution is -2.60. The van der Waals surface area contributed by atoms with Crippen LogP contribution in [0.1, 0.15) is 162 Å². The first-order chi connectivity index (χ1) is 24.6. The second-order valence-electron chi connectivity index (χ2n) is 13.9. The Bertz CT molecular complexity index is 963. The summed E-state index contributed by atoms with van der Waals surface area (Å²) in [7, 11) is -5.05. The summed E-state index contributed by atoms with van der Waals surface area (Å²) in [5.41, 5.74) is 0. The van der Waals surface area contributed by atoms with Crippen LogP contribution in [0, 0.1) is 0 Å². The molecule has 1 fully saturated rings. The molecule has 0 bridgehead atoms. The van der Waals surface area contributed by atoms with E-state index in [9.17, 15) is 28.5 Å². The predicted octanol–water partition coefficient (Wildman–Crippen LogP) is 7.13. The number of carbonyl (C=O) groups is 1. The van der Waals surface area contributed by atoms with E-state index in [1.165, 1.54) is 83.5 Å². The minimum Gasteiger partial charge on any atom is -0.457 e. The van der Waals surface area contributed by atoms with Crippen LogP contribution in [0.4, 0.5) is 0 Å². The van der Waals surface area contributed by atoms with E-state index in [2.05, 4.69) is 30.2 Å². The number of unbranched alkanes of at least 4 members (excludes halogenated alkanes) is 19. The lowest BCUT2D eigenvalue weighted by molar-refractivity contribution is -0.301. The summed E-state index contributed by atoms with van der Waals surface area (Å²) in [6.07, 6.45) is 21.1. The summed E-state index contributed by atoms with van der Waals surface area (Å²) >= 11 is 0. The van der Waals surface area contributed by atoms with E-state index in [1.54, 1.807) is 0 Å². The highest BCUT2D eigenvalue weighted by molar-refractivity contribution is 7.80. The minimum atomic E-state index is -5.05. The Labute approximate surface area is 308 Å². The number of hydrogen-bond acceptors (Lipinski definition) is 11. The molecule has 4 N–H and O–H groups in total. The summed E-state index contributed by atoms with van der Waals surface area (Å²) in [5, 5.41) is 30.5. The third-order valence-electron chi connectivity index (χ3n) is 9.12. The maximum absolute atomic E-state index is 12.8. The third-order valence-corrected chi connectivity index (χ3v) is 9.58. The van der Waals surface area contributed by atoms with Crippen LogP contribution >= 0.6 is 0 Å². The highest BCUT2D eigenvalue weighted by Crippen LogP contribution is 2.26. The number of carbonyl (C=O) groups excluding carboxylic acids is 1. The molecule has 6 unspecified atom stereocenters. The van der Waals surface area contributed by atoms with Crippen LogP contribution in [0.5, 0.6) is 0 Å². The van der Waals surface area contributed by atoms with Gasteiger partial charge < -0.3 is 34.3 Å². The smallest absolute Gasteiger partial charge is 0.397 e. The molecule has 0 saturated carbocycles. The van der Waals surface area contributed by atoms with Crippen LogP contribution in [-0.2, 0) is 38.3 Å². The molecule has 1 aliphatic heterocycles. The first-order valence-corrected chi connectivity index (χ1v) is 21.3. The Morgan fingerprint density at radius 2 is 1.27 bits per heavy atom. The molecule has 302 valence electrons. The Morgan fingerprint density at radius 3 is 1.84 bits per heavy atom. The zero-order chi connectivity index (χ0) is 37.6. The lowest BCUT2D eigenvalue weighted by Gasteiger charge is -2.41. The molecule has 0 spiro atoms. The van der Waals surface area contributed by atoms with Gasteiger partial charge in [0, 0.05) is 13.0 Å². The van der Waals surface area contributed by atoms with Gasteiger partial charge in [0.25, 0.3) is 0 Å². The highest BCUT2D eigenvalue weighted by atomic mass is 32.3. The van der Waals surface area contributed by atoms with Gasteiger partial charge in [-0.2, -0.15) is 8.42 Å². The average molecular weight is 753 g/mol. The number of ether oxygens (including phenoxy) is 4. The first kappa shape index (κ1) is 47.9. The number of allylic oxidation sites excluding steroid dienone is 2. The van der Waals surface area contributed by atoms with Gasteiger partial charge in [-0.15, -0.1) is 0 Å². The molecule has 0 aliphatic carbocycles. The van der Waals surface area contributed by atoms with Crippen molar-refractivity contribution in [2.24, 2.45) is 0 Å². The van der Waals surface area contributed by atoms with Crippen molar-refractivity contribution in [1.29, 1.82) is 0 Å². The summed E-state index contributed by atoms with van der Waals surface area (Å²) < 4.78 is 58.8. The summed E-state index contributed by atoms with van der Waals surface area (Å²) in [5.74, 6) is -0.402. The number of aliphatic hydroxyl groups excluding tert-OH is 3. The number of rotatable bonds is 34. The fourth-order valence-electron chi connectivity index (χ4n) is 6.09. The normalized spacial score (nSPS) is 21.7. The van der Waals surface area contributed by atoms with Crippen molar-refractivity contribution >= 4 is 16.4 Å². The molecule has 1 heterocycles. The summed E-state index contributed by atoms with van der Waals surface area (Å²) in [6.45, 7) is 3.91. The number of aliphatic hydroxyl groups is 3. The Morgan fingerprint density at radius 1 is 0.725 bits per heavy atom. The zero-order valence-corrected chi connectivity index (χ0v) is 32.5. The Hall–Kier alpha value is -1.16. The molecule has 0 aromatic heterocycles. The van der Waals surface area contributed by atoms with Crippen molar-refractivity contribution in [2.45, 2.75) is 198 Å². The van der Waals surface area contributed by atoms with Crippen molar-refractivity contribution in [3.05, 3.63) is 12.2 Å². The van der Waals surface area contributed by atoms with Gasteiger partial charge in [-0.3, -0.25) is 9.35 Å². The van der Waals surface area contributed by atoms with E-state index in [-0.39, 0.29) is 19.6 Å². The van der Waals surface area contributed by atoms with Crippen molar-refractivity contribution in [2.75, 3.05) is 26.4 Å². The molecule has 12 nitrogen and oxygen atoms in total. The third kappa shape index (κ3) is 25.5. The van der Waals surface area contributed by atoms with E-state index >= 15 is 0 Å². The van der Waals surface area contributed by atoms with Crippen molar-refractivity contribution < 1.29 is 56.2 Å². The molecule has 1 rings (SSSR count). The SMILES string of the molecule is CCC/C=C\CCCCCCCCOCC(COC1OC(CO)C(O)C(OS(=O)(=O)O)C1O)OC(=O)CCCCCCCCCCCCCCC. The topological polar surface area (TPSA) is 178 Å². The largest absolute Gasteiger partial charge is 0.457 e. The molecular formula is C38H72O12S. The van der Waals surface area contributed by atoms with Gasteiger partial charge in [0.15, 0.2) is 6.29 Å².